The Morgan fingerprint density at radius 2 is 2.06 bits per heavy atom. The second-order valence-electron chi connectivity index (χ2n) is 9.01. The van der Waals surface area contributed by atoms with Crippen molar-refractivity contribution in [2.45, 2.75) is 51.2 Å². The number of ether oxygens (including phenoxy) is 2. The van der Waals surface area contributed by atoms with Crippen molar-refractivity contribution < 1.29 is 27.8 Å². The van der Waals surface area contributed by atoms with Crippen LogP contribution in [0.4, 0.5) is 0 Å². The predicted octanol–water partition coefficient (Wildman–Crippen LogP) is 1.96. The van der Waals surface area contributed by atoms with E-state index < -0.39 is 22.2 Å². The average molecular weight is 481 g/mol. The van der Waals surface area contributed by atoms with Gasteiger partial charge in [-0.15, -0.1) is 0 Å². The lowest BCUT2D eigenvalue weighted by Gasteiger charge is -2.37. The van der Waals surface area contributed by atoms with Crippen molar-refractivity contribution in [1.29, 1.82) is 0 Å². The molecule has 1 aromatic carbocycles. The van der Waals surface area contributed by atoms with Crippen LogP contribution in [0.1, 0.15) is 39.7 Å². The Labute approximate surface area is 197 Å². The number of hydrogen-bond acceptors (Lipinski definition) is 6. The molecule has 0 spiro atoms. The van der Waals surface area contributed by atoms with Crippen LogP contribution in [0.2, 0.25) is 0 Å². The Bertz CT molecular complexity index is 982. The van der Waals surface area contributed by atoms with Gasteiger partial charge in [-0.3, -0.25) is 4.79 Å². The standard InChI is InChI=1S/C24H36N2O6S/c1-17(2)8-7-9-20-10-11-23-21(12-20)32-22(14-25(5)24(28)16-31-6)18(3)13-26(19(4)15-27)33(23,29)30/h10-12,17-19,22,27H,8,13-16H2,1-6H3/t18-,19-,22-/m1/s1. The molecular weight excluding hydrogens is 444 g/mol. The summed E-state index contributed by atoms with van der Waals surface area (Å²) in [7, 11) is -0.796. The van der Waals surface area contributed by atoms with Crippen molar-refractivity contribution in [2.75, 3.05) is 40.5 Å². The first-order chi connectivity index (χ1) is 15.5. The molecule has 1 aliphatic heterocycles. The smallest absolute Gasteiger partial charge is 0.248 e. The lowest BCUT2D eigenvalue weighted by Crippen LogP contribution is -2.50. The van der Waals surface area contributed by atoms with E-state index in [1.54, 1.807) is 26.1 Å². The molecule has 0 saturated heterocycles. The molecular formula is C24H36N2O6S. The number of benzene rings is 1. The number of rotatable bonds is 7. The summed E-state index contributed by atoms with van der Waals surface area (Å²) >= 11 is 0. The van der Waals surface area contributed by atoms with Crippen molar-refractivity contribution in [2.24, 2.45) is 11.8 Å². The average Bonchev–Trinajstić information content (AvgIpc) is 2.75. The number of aliphatic hydroxyl groups excluding tert-OH is 1. The van der Waals surface area contributed by atoms with Crippen LogP contribution in [0.15, 0.2) is 23.1 Å². The molecule has 0 fully saturated rings. The molecule has 184 valence electrons. The minimum absolute atomic E-state index is 0.0278. The maximum atomic E-state index is 13.5. The number of methoxy groups -OCH3 is 1. The van der Waals surface area contributed by atoms with E-state index in [1.165, 1.54) is 22.4 Å². The summed E-state index contributed by atoms with van der Waals surface area (Å²) in [6, 6.07) is 4.21. The van der Waals surface area contributed by atoms with E-state index in [1.807, 2.05) is 6.92 Å². The summed E-state index contributed by atoms with van der Waals surface area (Å²) in [6.07, 6.45) is 0.252. The molecule has 1 aliphatic rings. The first kappa shape index (κ1) is 27.1. The van der Waals surface area contributed by atoms with E-state index in [-0.39, 0.29) is 48.8 Å². The molecule has 1 amide bonds. The van der Waals surface area contributed by atoms with Gasteiger partial charge >= 0.3 is 0 Å². The zero-order valence-corrected chi connectivity index (χ0v) is 21.2. The van der Waals surface area contributed by atoms with Gasteiger partial charge < -0.3 is 19.5 Å². The van der Waals surface area contributed by atoms with Crippen molar-refractivity contribution in [3.63, 3.8) is 0 Å². The van der Waals surface area contributed by atoms with Gasteiger partial charge in [0.1, 0.15) is 23.4 Å². The fraction of sp³-hybridized carbons (Fsp3) is 0.625. The highest BCUT2D eigenvalue weighted by Gasteiger charge is 2.38. The number of likely N-dealkylation sites (N-methyl/N-ethyl adjacent to an activating group) is 1. The molecule has 0 radical (unpaired) electrons. The SMILES string of the molecule is COCC(=O)N(C)C[C@H]1Oc2cc(C#CCC(C)C)ccc2S(=O)(=O)N([C@H](C)CO)C[C@H]1C. The Kier molecular flexibility index (Phi) is 9.73. The highest BCUT2D eigenvalue weighted by Crippen LogP contribution is 2.34. The number of nitrogens with zero attached hydrogens (tertiary/aromatic N) is 2. The molecule has 33 heavy (non-hydrogen) atoms. The Morgan fingerprint density at radius 3 is 2.67 bits per heavy atom. The predicted molar refractivity (Wildman–Crippen MR) is 126 cm³/mol. The lowest BCUT2D eigenvalue weighted by atomic mass is 10.0. The number of sulfonamides is 1. The van der Waals surface area contributed by atoms with Crippen LogP contribution in [-0.2, 0) is 19.6 Å². The Hall–Kier alpha value is -2.12. The number of aliphatic hydroxyl groups is 1. The van der Waals surface area contributed by atoms with Gasteiger partial charge in [-0.05, 0) is 31.0 Å². The Balaban J connectivity index is 2.52. The molecule has 9 heteroatoms. The monoisotopic (exact) mass is 480 g/mol. The van der Waals surface area contributed by atoms with Crippen molar-refractivity contribution >= 4 is 15.9 Å². The molecule has 0 aliphatic carbocycles. The third-order valence-corrected chi connectivity index (χ3v) is 7.58. The van der Waals surface area contributed by atoms with Crippen LogP contribution in [-0.4, -0.2) is 81.2 Å². The van der Waals surface area contributed by atoms with E-state index >= 15 is 0 Å². The normalized spacial score (nSPS) is 21.1. The number of hydrogen-bond donors (Lipinski definition) is 1. The molecule has 0 aromatic heterocycles. The second kappa shape index (κ2) is 11.8. The van der Waals surface area contributed by atoms with Gasteiger partial charge in [-0.1, -0.05) is 32.6 Å². The number of carbonyl (C=O) groups excluding carboxylic acids is 1. The Morgan fingerprint density at radius 1 is 1.36 bits per heavy atom. The van der Waals surface area contributed by atoms with Crippen LogP contribution in [0.5, 0.6) is 5.75 Å². The topological polar surface area (TPSA) is 96.4 Å². The van der Waals surface area contributed by atoms with Gasteiger partial charge in [-0.2, -0.15) is 4.31 Å². The molecule has 1 N–H and O–H groups in total. The van der Waals surface area contributed by atoms with Crippen LogP contribution >= 0.6 is 0 Å². The van der Waals surface area contributed by atoms with Crippen LogP contribution in [0.3, 0.4) is 0 Å². The minimum atomic E-state index is -3.91. The highest BCUT2D eigenvalue weighted by molar-refractivity contribution is 7.89. The van der Waals surface area contributed by atoms with Crippen molar-refractivity contribution in [3.05, 3.63) is 23.8 Å². The van der Waals surface area contributed by atoms with Gasteiger partial charge in [-0.25, -0.2) is 8.42 Å². The van der Waals surface area contributed by atoms with E-state index in [2.05, 4.69) is 25.7 Å². The maximum Gasteiger partial charge on any atom is 0.248 e. The van der Waals surface area contributed by atoms with Gasteiger partial charge in [0.25, 0.3) is 0 Å². The van der Waals surface area contributed by atoms with E-state index in [0.717, 1.165) is 6.42 Å². The van der Waals surface area contributed by atoms with Gasteiger partial charge in [0.15, 0.2) is 0 Å². The third-order valence-electron chi connectivity index (χ3n) is 5.56. The first-order valence-corrected chi connectivity index (χ1v) is 12.6. The molecule has 2 rings (SSSR count). The van der Waals surface area contributed by atoms with E-state index in [0.29, 0.717) is 11.5 Å². The molecule has 0 unspecified atom stereocenters. The summed E-state index contributed by atoms with van der Waals surface area (Å²) in [4.78, 5) is 13.8. The summed E-state index contributed by atoms with van der Waals surface area (Å²) in [6.45, 7) is 7.75. The number of amides is 1. The van der Waals surface area contributed by atoms with Crippen LogP contribution < -0.4 is 4.74 Å². The second-order valence-corrected chi connectivity index (χ2v) is 10.9. The summed E-state index contributed by atoms with van der Waals surface area (Å²) in [5.74, 6) is 6.36. The largest absolute Gasteiger partial charge is 0.487 e. The fourth-order valence-corrected chi connectivity index (χ4v) is 5.31. The first-order valence-electron chi connectivity index (χ1n) is 11.2. The molecule has 8 nitrogen and oxygen atoms in total. The zero-order valence-electron chi connectivity index (χ0n) is 20.4. The number of fused-ring (bicyclic) bond motifs is 1. The van der Waals surface area contributed by atoms with E-state index in [4.69, 9.17) is 9.47 Å². The molecule has 3 atom stereocenters. The summed E-state index contributed by atoms with van der Waals surface area (Å²) < 4.78 is 39.5. The molecule has 0 bridgehead atoms. The van der Waals surface area contributed by atoms with Crippen LogP contribution in [0, 0.1) is 23.7 Å². The number of carbonyl (C=O) groups is 1. The van der Waals surface area contributed by atoms with Gasteiger partial charge in [0.05, 0.1) is 13.2 Å². The molecule has 1 heterocycles. The summed E-state index contributed by atoms with van der Waals surface area (Å²) in [5, 5.41) is 9.72. The minimum Gasteiger partial charge on any atom is -0.487 e. The molecule has 1 aromatic rings. The van der Waals surface area contributed by atoms with Crippen LogP contribution in [0.25, 0.3) is 0 Å². The van der Waals surface area contributed by atoms with E-state index in [9.17, 15) is 18.3 Å². The highest BCUT2D eigenvalue weighted by atomic mass is 32.2. The van der Waals surface area contributed by atoms with Crippen molar-refractivity contribution in [1.82, 2.24) is 9.21 Å². The summed E-state index contributed by atoms with van der Waals surface area (Å²) in [5.41, 5.74) is 0.655. The lowest BCUT2D eigenvalue weighted by molar-refractivity contribution is -0.135. The van der Waals surface area contributed by atoms with Gasteiger partial charge in [0, 0.05) is 44.6 Å². The zero-order chi connectivity index (χ0) is 24.8. The third kappa shape index (κ3) is 6.93. The maximum absolute atomic E-state index is 13.5. The van der Waals surface area contributed by atoms with Crippen molar-refractivity contribution in [3.8, 4) is 17.6 Å². The molecule has 0 saturated carbocycles. The quantitative estimate of drug-likeness (QED) is 0.600. The fourth-order valence-electron chi connectivity index (χ4n) is 3.48. The van der Waals surface area contributed by atoms with Gasteiger partial charge in [0.2, 0.25) is 15.9 Å².